The fourth-order valence-electron chi connectivity index (χ4n) is 3.73. The van der Waals surface area contributed by atoms with Crippen molar-refractivity contribution >= 4 is 11.8 Å². The number of carbonyl (C=O) groups is 2. The van der Waals surface area contributed by atoms with Crippen LogP contribution in [0.15, 0.2) is 0 Å². The Bertz CT molecular complexity index is 470. The number of rotatable bonds is 4. The van der Waals surface area contributed by atoms with E-state index in [4.69, 9.17) is 5.73 Å². The van der Waals surface area contributed by atoms with Crippen molar-refractivity contribution in [3.8, 4) is 0 Å². The van der Waals surface area contributed by atoms with Gasteiger partial charge in [0, 0.05) is 25.7 Å². The lowest BCUT2D eigenvalue weighted by atomic mass is 9.94. The maximum Gasteiger partial charge on any atom is 0.406 e. The van der Waals surface area contributed by atoms with Crippen molar-refractivity contribution in [3.05, 3.63) is 0 Å². The third-order valence-electron chi connectivity index (χ3n) is 5.03. The number of nitrogens with two attached hydrogens (primary N) is 1. The molecular weight excluding hydrogens is 323 g/mol. The van der Waals surface area contributed by atoms with E-state index < -0.39 is 24.5 Å². The molecule has 0 aromatic heterocycles. The fraction of sp³-hybridized carbons (Fsp3) is 0.875. The van der Waals surface area contributed by atoms with Crippen LogP contribution in [0.4, 0.5) is 13.2 Å². The summed E-state index contributed by atoms with van der Waals surface area (Å²) in [6.45, 7) is 1.07. The summed E-state index contributed by atoms with van der Waals surface area (Å²) in [7, 11) is 0. The first-order valence-electron chi connectivity index (χ1n) is 8.62. The van der Waals surface area contributed by atoms with E-state index >= 15 is 0 Å². The van der Waals surface area contributed by atoms with Crippen molar-refractivity contribution in [2.24, 2.45) is 17.6 Å². The Morgan fingerprint density at radius 3 is 2.46 bits per heavy atom. The molecule has 5 nitrogen and oxygen atoms in total. The van der Waals surface area contributed by atoms with Crippen molar-refractivity contribution < 1.29 is 22.8 Å². The molecule has 1 aliphatic heterocycles. The van der Waals surface area contributed by atoms with Crippen molar-refractivity contribution in [3.63, 3.8) is 0 Å². The van der Waals surface area contributed by atoms with Crippen LogP contribution in [-0.4, -0.2) is 60.0 Å². The van der Waals surface area contributed by atoms with Gasteiger partial charge in [0.05, 0.1) is 11.8 Å². The van der Waals surface area contributed by atoms with Gasteiger partial charge in [-0.25, -0.2) is 0 Å². The van der Waals surface area contributed by atoms with Gasteiger partial charge in [0.15, 0.2) is 0 Å². The molecule has 8 heteroatoms. The second kappa shape index (κ2) is 7.72. The summed E-state index contributed by atoms with van der Waals surface area (Å²) < 4.78 is 37.8. The van der Waals surface area contributed by atoms with Crippen molar-refractivity contribution in [1.29, 1.82) is 0 Å². The molecule has 138 valence electrons. The van der Waals surface area contributed by atoms with E-state index in [1.165, 1.54) is 6.92 Å². The maximum atomic E-state index is 12.6. The van der Waals surface area contributed by atoms with E-state index in [2.05, 4.69) is 0 Å². The van der Waals surface area contributed by atoms with Crippen LogP contribution in [0.25, 0.3) is 0 Å². The molecule has 1 saturated heterocycles. The number of carbonyl (C=O) groups excluding carboxylic acids is 2. The maximum absolute atomic E-state index is 12.6. The van der Waals surface area contributed by atoms with Crippen LogP contribution in [-0.2, 0) is 9.59 Å². The van der Waals surface area contributed by atoms with Crippen molar-refractivity contribution in [2.75, 3.05) is 26.2 Å². The molecule has 0 bridgehead atoms. The first-order chi connectivity index (χ1) is 11.2. The van der Waals surface area contributed by atoms with Gasteiger partial charge in [0.2, 0.25) is 11.8 Å². The Balaban J connectivity index is 1.98. The zero-order valence-electron chi connectivity index (χ0n) is 14.0. The predicted octanol–water partition coefficient (Wildman–Crippen LogP) is 1.76. The van der Waals surface area contributed by atoms with Crippen LogP contribution in [0.1, 0.15) is 39.0 Å². The summed E-state index contributed by atoms with van der Waals surface area (Å²) in [6.07, 6.45) is -0.761. The highest BCUT2D eigenvalue weighted by Gasteiger charge is 2.39. The smallest absolute Gasteiger partial charge is 0.342 e. The first-order valence-corrected chi connectivity index (χ1v) is 8.62. The highest BCUT2D eigenvalue weighted by atomic mass is 19.4. The van der Waals surface area contributed by atoms with E-state index in [1.807, 2.05) is 0 Å². The van der Waals surface area contributed by atoms with Gasteiger partial charge >= 0.3 is 6.18 Å². The molecule has 1 heterocycles. The van der Waals surface area contributed by atoms with E-state index in [0.717, 1.165) is 24.2 Å². The standard InChI is InChI=1S/C16H26F3N3O2/c1-2-21(10-16(17,18)19)14(23)11-5-4-8-22(9-11)15(24)12-6-3-7-13(12)20/h11-13H,2-10,20H2,1H3. The Kier molecular flexibility index (Phi) is 6.11. The third kappa shape index (κ3) is 4.62. The zero-order chi connectivity index (χ0) is 17.9. The highest BCUT2D eigenvalue weighted by Crippen LogP contribution is 2.29. The van der Waals surface area contributed by atoms with E-state index in [-0.39, 0.29) is 31.0 Å². The van der Waals surface area contributed by atoms with Gasteiger partial charge in [-0.05, 0) is 32.6 Å². The van der Waals surface area contributed by atoms with Gasteiger partial charge < -0.3 is 15.5 Å². The molecule has 0 radical (unpaired) electrons. The van der Waals surface area contributed by atoms with Crippen LogP contribution in [0, 0.1) is 11.8 Å². The molecule has 2 aliphatic rings. The number of hydrogen-bond acceptors (Lipinski definition) is 3. The molecule has 0 aromatic carbocycles. The molecule has 2 amide bonds. The zero-order valence-corrected chi connectivity index (χ0v) is 14.0. The summed E-state index contributed by atoms with van der Waals surface area (Å²) in [5.74, 6) is -1.32. The minimum atomic E-state index is -4.41. The van der Waals surface area contributed by atoms with Crippen LogP contribution < -0.4 is 5.73 Å². The molecule has 2 fully saturated rings. The first kappa shape index (κ1) is 19.0. The molecule has 3 unspecified atom stereocenters. The van der Waals surface area contributed by atoms with Crippen LogP contribution in [0.3, 0.4) is 0 Å². The monoisotopic (exact) mass is 349 g/mol. The second-order valence-electron chi connectivity index (χ2n) is 6.79. The highest BCUT2D eigenvalue weighted by molar-refractivity contribution is 5.83. The quantitative estimate of drug-likeness (QED) is 0.841. The Morgan fingerprint density at radius 1 is 1.21 bits per heavy atom. The lowest BCUT2D eigenvalue weighted by Crippen LogP contribution is -2.51. The second-order valence-corrected chi connectivity index (χ2v) is 6.79. The molecule has 1 saturated carbocycles. The number of amides is 2. The number of halogens is 3. The Morgan fingerprint density at radius 2 is 1.92 bits per heavy atom. The summed E-state index contributed by atoms with van der Waals surface area (Å²) in [6, 6.07) is -0.147. The van der Waals surface area contributed by atoms with Crippen LogP contribution in [0.5, 0.6) is 0 Å². The van der Waals surface area contributed by atoms with Gasteiger partial charge in [0.1, 0.15) is 6.54 Å². The molecule has 1 aliphatic carbocycles. The molecule has 2 N–H and O–H groups in total. The Labute approximate surface area is 140 Å². The van der Waals surface area contributed by atoms with Crippen LogP contribution >= 0.6 is 0 Å². The molecule has 3 atom stereocenters. The molecule has 24 heavy (non-hydrogen) atoms. The number of hydrogen-bond donors (Lipinski definition) is 1. The minimum absolute atomic E-state index is 0.0102. The SMILES string of the molecule is CCN(CC(F)(F)F)C(=O)C1CCCN(C(=O)C2CCCC2N)C1. The fourth-order valence-corrected chi connectivity index (χ4v) is 3.73. The van der Waals surface area contributed by atoms with Gasteiger partial charge in [-0.2, -0.15) is 13.2 Å². The summed E-state index contributed by atoms with van der Waals surface area (Å²) in [5.41, 5.74) is 5.97. The number of piperidine rings is 1. The molecule has 0 aromatic rings. The van der Waals surface area contributed by atoms with E-state index in [1.54, 1.807) is 4.90 Å². The summed E-state index contributed by atoms with van der Waals surface area (Å²) in [5, 5.41) is 0. The molecule has 0 spiro atoms. The largest absolute Gasteiger partial charge is 0.406 e. The molecular formula is C16H26F3N3O2. The number of likely N-dealkylation sites (tertiary alicyclic amines) is 1. The predicted molar refractivity (Wildman–Crippen MR) is 82.9 cm³/mol. The topological polar surface area (TPSA) is 66.6 Å². The van der Waals surface area contributed by atoms with Gasteiger partial charge in [-0.1, -0.05) is 6.42 Å². The number of alkyl halides is 3. The van der Waals surface area contributed by atoms with Crippen molar-refractivity contribution in [1.82, 2.24) is 9.80 Å². The van der Waals surface area contributed by atoms with E-state index in [9.17, 15) is 22.8 Å². The van der Waals surface area contributed by atoms with Crippen LogP contribution in [0.2, 0.25) is 0 Å². The number of nitrogens with zero attached hydrogens (tertiary/aromatic N) is 2. The lowest BCUT2D eigenvalue weighted by molar-refractivity contribution is -0.165. The minimum Gasteiger partial charge on any atom is -0.342 e. The average Bonchev–Trinajstić information content (AvgIpc) is 2.96. The lowest BCUT2D eigenvalue weighted by Gasteiger charge is -2.36. The van der Waals surface area contributed by atoms with Gasteiger partial charge in [0.25, 0.3) is 0 Å². The van der Waals surface area contributed by atoms with E-state index in [0.29, 0.717) is 19.4 Å². The summed E-state index contributed by atoms with van der Waals surface area (Å²) in [4.78, 5) is 27.5. The third-order valence-corrected chi connectivity index (χ3v) is 5.03. The Hall–Kier alpha value is -1.31. The van der Waals surface area contributed by atoms with Crippen molar-refractivity contribution in [2.45, 2.75) is 51.2 Å². The van der Waals surface area contributed by atoms with Gasteiger partial charge in [-0.3, -0.25) is 9.59 Å². The average molecular weight is 349 g/mol. The normalized spacial score (nSPS) is 28.0. The molecule has 2 rings (SSSR count). The summed E-state index contributed by atoms with van der Waals surface area (Å²) >= 11 is 0. The van der Waals surface area contributed by atoms with Gasteiger partial charge in [-0.15, -0.1) is 0 Å².